The number of benzene rings is 1. The van der Waals surface area contributed by atoms with E-state index in [9.17, 15) is 8.42 Å². The first-order chi connectivity index (χ1) is 10.7. The van der Waals surface area contributed by atoms with Crippen LogP contribution in [0.1, 0.15) is 44.9 Å². The fourth-order valence-corrected chi connectivity index (χ4v) is 5.34. The maximum atomic E-state index is 12.6. The molecule has 2 atom stereocenters. The molecule has 0 spiro atoms. The van der Waals surface area contributed by atoms with E-state index >= 15 is 0 Å². The molecule has 1 aromatic rings. The van der Waals surface area contributed by atoms with Crippen molar-refractivity contribution in [2.24, 2.45) is 0 Å². The molecular weight excluding hydrogens is 296 g/mol. The highest BCUT2D eigenvalue weighted by Crippen LogP contribution is 2.20. The van der Waals surface area contributed by atoms with Gasteiger partial charge < -0.3 is 4.90 Å². The van der Waals surface area contributed by atoms with Gasteiger partial charge in [0.05, 0.1) is 24.0 Å². The van der Waals surface area contributed by atoms with Crippen LogP contribution in [-0.2, 0) is 10.0 Å². The molecule has 0 amide bonds. The van der Waals surface area contributed by atoms with Crippen molar-refractivity contribution in [2.75, 3.05) is 13.1 Å². The highest BCUT2D eigenvalue weighted by molar-refractivity contribution is 7.89. The van der Waals surface area contributed by atoms with E-state index in [0.29, 0.717) is 10.9 Å². The molecule has 1 aliphatic heterocycles. The maximum absolute atomic E-state index is 12.6. The number of sulfonamides is 1. The molecule has 1 saturated heterocycles. The molecule has 122 valence electrons. The Morgan fingerprint density at radius 2 is 1.59 bits per heavy atom. The zero-order chi connectivity index (χ0) is 15.4. The minimum Gasteiger partial charge on any atom is -0.331 e. The van der Waals surface area contributed by atoms with E-state index in [4.69, 9.17) is 0 Å². The third-order valence-corrected chi connectivity index (χ3v) is 6.65. The Morgan fingerprint density at radius 1 is 0.909 bits per heavy atom. The first-order valence-corrected chi connectivity index (χ1v) is 10.1. The average Bonchev–Trinajstić information content (AvgIpc) is 2.57. The molecule has 5 heteroatoms. The molecule has 1 saturated carbocycles. The van der Waals surface area contributed by atoms with Gasteiger partial charge in [-0.1, -0.05) is 24.6 Å². The number of hydrogen-bond donors (Lipinski definition) is 2. The Balaban J connectivity index is 1.73. The Morgan fingerprint density at radius 3 is 2.32 bits per heavy atom. The summed E-state index contributed by atoms with van der Waals surface area (Å²) in [4.78, 5) is 2.00. The highest BCUT2D eigenvalue weighted by atomic mass is 32.2. The number of rotatable bonds is 4. The van der Waals surface area contributed by atoms with Crippen LogP contribution in [0.5, 0.6) is 0 Å². The van der Waals surface area contributed by atoms with Crippen LogP contribution in [0.4, 0.5) is 0 Å². The molecule has 0 aromatic heterocycles. The molecule has 3 rings (SSSR count). The van der Waals surface area contributed by atoms with Crippen molar-refractivity contribution in [2.45, 2.75) is 61.9 Å². The quantitative estimate of drug-likeness (QED) is 0.879. The van der Waals surface area contributed by atoms with E-state index in [2.05, 4.69) is 4.72 Å². The summed E-state index contributed by atoms with van der Waals surface area (Å²) in [6.07, 6.45) is 8.38. The van der Waals surface area contributed by atoms with Gasteiger partial charge in [0.25, 0.3) is 0 Å². The summed E-state index contributed by atoms with van der Waals surface area (Å²) >= 11 is 0. The predicted octanol–water partition coefficient (Wildman–Crippen LogP) is 1.34. The zero-order valence-corrected chi connectivity index (χ0v) is 13.9. The number of quaternary nitrogens is 1. The summed E-state index contributed by atoms with van der Waals surface area (Å²) in [7, 11) is -3.39. The smallest absolute Gasteiger partial charge is 0.241 e. The van der Waals surface area contributed by atoms with Gasteiger partial charge in [0.2, 0.25) is 10.0 Å². The molecule has 22 heavy (non-hydrogen) atoms. The van der Waals surface area contributed by atoms with Crippen LogP contribution in [0.15, 0.2) is 35.2 Å². The van der Waals surface area contributed by atoms with E-state index in [-0.39, 0.29) is 6.04 Å². The van der Waals surface area contributed by atoms with Crippen molar-refractivity contribution in [3.8, 4) is 0 Å². The molecule has 1 aliphatic carbocycles. The van der Waals surface area contributed by atoms with E-state index in [1.165, 1.54) is 38.8 Å². The van der Waals surface area contributed by atoms with Gasteiger partial charge in [-0.2, -0.15) is 0 Å². The Labute approximate surface area is 134 Å². The van der Waals surface area contributed by atoms with Crippen LogP contribution in [-0.4, -0.2) is 33.6 Å². The van der Waals surface area contributed by atoms with Gasteiger partial charge in [0.1, 0.15) is 6.04 Å². The summed E-state index contributed by atoms with van der Waals surface area (Å²) < 4.78 is 28.2. The first kappa shape index (κ1) is 16.0. The highest BCUT2D eigenvalue weighted by Gasteiger charge is 2.36. The second kappa shape index (κ2) is 7.11. The van der Waals surface area contributed by atoms with Gasteiger partial charge in [-0.3, -0.25) is 0 Å². The third kappa shape index (κ3) is 3.70. The lowest BCUT2D eigenvalue weighted by Crippen LogP contribution is -3.18. The Hall–Kier alpha value is -0.910. The molecule has 2 aliphatic rings. The molecule has 0 bridgehead atoms. The van der Waals surface area contributed by atoms with Crippen LogP contribution in [0, 0.1) is 0 Å². The van der Waals surface area contributed by atoms with E-state index in [1.807, 2.05) is 6.07 Å². The van der Waals surface area contributed by atoms with E-state index in [0.717, 1.165) is 19.3 Å². The third-order valence-electron chi connectivity index (χ3n) is 5.15. The molecule has 2 N–H and O–H groups in total. The van der Waals surface area contributed by atoms with E-state index in [1.54, 1.807) is 29.2 Å². The van der Waals surface area contributed by atoms with Gasteiger partial charge in [-0.15, -0.1) is 0 Å². The topological polar surface area (TPSA) is 50.6 Å². The second-order valence-corrected chi connectivity index (χ2v) is 8.36. The largest absolute Gasteiger partial charge is 0.331 e. The van der Waals surface area contributed by atoms with Gasteiger partial charge in [0, 0.05) is 6.42 Å². The van der Waals surface area contributed by atoms with Crippen LogP contribution in [0.25, 0.3) is 0 Å². The first-order valence-electron chi connectivity index (χ1n) is 8.59. The summed E-state index contributed by atoms with van der Waals surface area (Å²) in [5.74, 6) is 0. The van der Waals surface area contributed by atoms with Crippen LogP contribution in [0.2, 0.25) is 0 Å². The minimum absolute atomic E-state index is 0.0899. The second-order valence-electron chi connectivity index (χ2n) is 6.65. The standard InChI is InChI=1S/C17H26N2O2S/c20-22(21,15-9-3-1-4-10-15)18-16-11-5-6-12-17(16)19-13-7-2-8-14-19/h1,3-4,9-10,16-18H,2,5-8,11-14H2/p+1/t16-,17+/m0/s1. The van der Waals surface area contributed by atoms with Crippen molar-refractivity contribution in [1.82, 2.24) is 4.72 Å². The molecule has 2 fully saturated rings. The molecule has 0 unspecified atom stereocenters. The molecule has 1 heterocycles. The summed E-state index contributed by atoms with van der Waals surface area (Å²) in [6.45, 7) is 2.41. The van der Waals surface area contributed by atoms with Crippen molar-refractivity contribution in [1.29, 1.82) is 0 Å². The zero-order valence-electron chi connectivity index (χ0n) is 13.1. The molecule has 0 radical (unpaired) electrons. The monoisotopic (exact) mass is 323 g/mol. The van der Waals surface area contributed by atoms with Gasteiger partial charge in [-0.25, -0.2) is 13.1 Å². The molecule has 4 nitrogen and oxygen atoms in total. The van der Waals surface area contributed by atoms with Crippen molar-refractivity contribution < 1.29 is 13.3 Å². The lowest BCUT2D eigenvalue weighted by atomic mass is 9.89. The summed E-state index contributed by atoms with van der Waals surface area (Å²) in [5, 5.41) is 0. The normalized spacial score (nSPS) is 27.6. The SMILES string of the molecule is O=S(=O)(N[C@H]1CCCC[C@H]1[NH+]1CCCCC1)c1ccccc1. The van der Waals surface area contributed by atoms with Gasteiger partial charge >= 0.3 is 0 Å². The molecule has 1 aromatic carbocycles. The van der Waals surface area contributed by atoms with Gasteiger partial charge in [0.15, 0.2) is 0 Å². The fraction of sp³-hybridized carbons (Fsp3) is 0.647. The van der Waals surface area contributed by atoms with E-state index < -0.39 is 10.0 Å². The summed E-state index contributed by atoms with van der Waals surface area (Å²) in [5.41, 5.74) is 0. The molecular formula is C17H27N2O2S+. The maximum Gasteiger partial charge on any atom is 0.241 e. The predicted molar refractivity (Wildman–Crippen MR) is 87.4 cm³/mol. The van der Waals surface area contributed by atoms with Crippen LogP contribution in [0.3, 0.4) is 0 Å². The van der Waals surface area contributed by atoms with Crippen molar-refractivity contribution >= 4 is 10.0 Å². The van der Waals surface area contributed by atoms with Crippen LogP contribution >= 0.6 is 0 Å². The van der Waals surface area contributed by atoms with Crippen molar-refractivity contribution in [3.05, 3.63) is 30.3 Å². The number of hydrogen-bond acceptors (Lipinski definition) is 2. The average molecular weight is 323 g/mol. The van der Waals surface area contributed by atoms with Gasteiger partial charge in [-0.05, 0) is 44.2 Å². The number of likely N-dealkylation sites (tertiary alicyclic amines) is 1. The summed E-state index contributed by atoms with van der Waals surface area (Å²) in [6, 6.07) is 9.30. The lowest BCUT2D eigenvalue weighted by molar-refractivity contribution is -0.932. The lowest BCUT2D eigenvalue weighted by Gasteiger charge is -2.39. The Bertz CT molecular complexity index is 568. The fourth-order valence-electron chi connectivity index (χ4n) is 4.00. The minimum atomic E-state index is -3.39. The number of piperidine rings is 1. The Kier molecular flexibility index (Phi) is 5.16. The van der Waals surface area contributed by atoms with Crippen molar-refractivity contribution in [3.63, 3.8) is 0 Å². The number of nitrogens with one attached hydrogen (secondary N) is 2. The van der Waals surface area contributed by atoms with Crippen LogP contribution < -0.4 is 9.62 Å².